The van der Waals surface area contributed by atoms with Crippen LogP contribution in [-0.4, -0.2) is 41.9 Å². The van der Waals surface area contributed by atoms with Crippen LogP contribution in [0.4, 0.5) is 5.69 Å². The quantitative estimate of drug-likeness (QED) is 0.705. The Morgan fingerprint density at radius 3 is 2.65 bits per heavy atom. The van der Waals surface area contributed by atoms with Gasteiger partial charge in [0.15, 0.2) is 6.10 Å². The molecule has 6 nitrogen and oxygen atoms in total. The van der Waals surface area contributed by atoms with E-state index < -0.39 is 12.1 Å². The van der Waals surface area contributed by atoms with Crippen molar-refractivity contribution in [1.29, 1.82) is 0 Å². The summed E-state index contributed by atoms with van der Waals surface area (Å²) in [5.41, 5.74) is 1.78. The molecule has 2 N–H and O–H groups in total. The summed E-state index contributed by atoms with van der Waals surface area (Å²) in [6.45, 7) is 5.72. The van der Waals surface area contributed by atoms with Gasteiger partial charge in [0, 0.05) is 12.2 Å². The second-order valence-corrected chi connectivity index (χ2v) is 5.92. The van der Waals surface area contributed by atoms with Crippen molar-refractivity contribution in [2.24, 2.45) is 0 Å². The maximum Gasteiger partial charge on any atom is 0.316 e. The average molecular weight is 338 g/mol. The van der Waals surface area contributed by atoms with Gasteiger partial charge in [-0.3, -0.25) is 14.4 Å². The Balaban J connectivity index is 2.26. The van der Waals surface area contributed by atoms with Gasteiger partial charge in [0.25, 0.3) is 5.91 Å². The first kappa shape index (κ1) is 19.0. The van der Waals surface area contributed by atoms with Gasteiger partial charge >= 0.3 is 5.97 Å². The molecule has 0 bridgehead atoms. The number of ether oxygens (including phenoxy) is 1. The first-order valence-electron chi connectivity index (χ1n) is 7.33. The number of thioether (sulfide) groups is 1. The Hall–Kier alpha value is -2.02. The van der Waals surface area contributed by atoms with E-state index >= 15 is 0 Å². The van der Waals surface area contributed by atoms with Crippen molar-refractivity contribution >= 4 is 35.2 Å². The van der Waals surface area contributed by atoms with Crippen molar-refractivity contribution in [3.8, 4) is 0 Å². The molecule has 0 aliphatic heterocycles. The normalized spacial score (nSPS) is 11.4. The van der Waals surface area contributed by atoms with Crippen LogP contribution in [0.15, 0.2) is 24.3 Å². The molecule has 0 fully saturated rings. The van der Waals surface area contributed by atoms with E-state index in [2.05, 4.69) is 10.6 Å². The van der Waals surface area contributed by atoms with Crippen molar-refractivity contribution in [1.82, 2.24) is 5.32 Å². The number of nitrogens with one attached hydrogen (secondary N) is 2. The van der Waals surface area contributed by atoms with Gasteiger partial charge in [-0.25, -0.2) is 0 Å². The first-order chi connectivity index (χ1) is 10.9. The monoisotopic (exact) mass is 338 g/mol. The fourth-order valence-corrected chi connectivity index (χ4v) is 2.34. The molecule has 0 aliphatic carbocycles. The van der Waals surface area contributed by atoms with Gasteiger partial charge in [0.05, 0.1) is 11.5 Å². The minimum atomic E-state index is -0.829. The first-order valence-corrected chi connectivity index (χ1v) is 8.49. The fourth-order valence-electron chi connectivity index (χ4n) is 1.75. The third-order valence-electron chi connectivity index (χ3n) is 2.78. The number of carbonyl (C=O) groups is 3. The molecule has 126 valence electrons. The standard InChI is InChI=1S/C16H22N2O4S/c1-4-17-16(21)12(3)22-15(20)10-23-9-14(19)18-13-7-5-6-11(2)8-13/h5-8,12H,4,9-10H2,1-3H3,(H,17,21)(H,18,19)/t12-/m1/s1. The molecule has 7 heteroatoms. The van der Waals surface area contributed by atoms with Gasteiger partial charge in [-0.05, 0) is 38.5 Å². The van der Waals surface area contributed by atoms with E-state index in [-0.39, 0.29) is 23.3 Å². The highest BCUT2D eigenvalue weighted by Crippen LogP contribution is 2.10. The molecule has 0 aromatic heterocycles. The Morgan fingerprint density at radius 1 is 1.26 bits per heavy atom. The Kier molecular flexibility index (Phi) is 8.18. The van der Waals surface area contributed by atoms with Gasteiger partial charge in [0.2, 0.25) is 5.91 Å². The van der Waals surface area contributed by atoms with Gasteiger partial charge in [-0.15, -0.1) is 11.8 Å². The number of likely N-dealkylation sites (N-methyl/N-ethyl adjacent to an activating group) is 1. The largest absolute Gasteiger partial charge is 0.452 e. The van der Waals surface area contributed by atoms with Crippen LogP contribution in [0, 0.1) is 6.92 Å². The number of amides is 2. The Labute approximate surface area is 140 Å². The zero-order valence-corrected chi connectivity index (χ0v) is 14.4. The topological polar surface area (TPSA) is 84.5 Å². The van der Waals surface area contributed by atoms with Crippen LogP contribution in [0.3, 0.4) is 0 Å². The van der Waals surface area contributed by atoms with Crippen LogP contribution < -0.4 is 10.6 Å². The summed E-state index contributed by atoms with van der Waals surface area (Å²) in [5, 5.41) is 5.33. The van der Waals surface area contributed by atoms with E-state index in [0.717, 1.165) is 23.0 Å². The minimum absolute atomic E-state index is 0.0188. The molecule has 1 aromatic rings. The third-order valence-corrected chi connectivity index (χ3v) is 3.69. The highest BCUT2D eigenvalue weighted by Gasteiger charge is 2.17. The minimum Gasteiger partial charge on any atom is -0.452 e. The summed E-state index contributed by atoms with van der Waals surface area (Å²) in [5.74, 6) is -0.880. The lowest BCUT2D eigenvalue weighted by Gasteiger charge is -2.12. The van der Waals surface area contributed by atoms with Crippen molar-refractivity contribution < 1.29 is 19.1 Å². The lowest BCUT2D eigenvalue weighted by atomic mass is 10.2. The second kappa shape index (κ2) is 9.89. The molecule has 2 amide bonds. The number of hydrogen-bond donors (Lipinski definition) is 2. The highest BCUT2D eigenvalue weighted by atomic mass is 32.2. The van der Waals surface area contributed by atoms with Crippen LogP contribution in [-0.2, 0) is 19.1 Å². The average Bonchev–Trinajstić information content (AvgIpc) is 2.47. The number of rotatable bonds is 8. The molecule has 0 radical (unpaired) electrons. The van der Waals surface area contributed by atoms with Crippen molar-refractivity contribution in [3.63, 3.8) is 0 Å². The molecule has 0 saturated carbocycles. The smallest absolute Gasteiger partial charge is 0.316 e. The second-order valence-electron chi connectivity index (χ2n) is 4.94. The number of aryl methyl sites for hydroxylation is 1. The molecular weight excluding hydrogens is 316 g/mol. The molecule has 23 heavy (non-hydrogen) atoms. The summed E-state index contributed by atoms with van der Waals surface area (Å²) in [6.07, 6.45) is -0.829. The summed E-state index contributed by atoms with van der Waals surface area (Å²) < 4.78 is 4.98. The van der Waals surface area contributed by atoms with E-state index in [0.29, 0.717) is 6.54 Å². The van der Waals surface area contributed by atoms with Crippen molar-refractivity contribution in [2.45, 2.75) is 26.9 Å². The molecule has 0 saturated heterocycles. The lowest BCUT2D eigenvalue weighted by molar-refractivity contribution is -0.152. The molecule has 1 rings (SSSR count). The van der Waals surface area contributed by atoms with E-state index in [9.17, 15) is 14.4 Å². The molecule has 0 spiro atoms. The number of carbonyl (C=O) groups excluding carboxylic acids is 3. The third kappa shape index (κ3) is 7.69. The molecule has 1 atom stereocenters. The van der Waals surface area contributed by atoms with Crippen LogP contribution in [0.5, 0.6) is 0 Å². The maximum atomic E-state index is 11.8. The molecular formula is C16H22N2O4S. The van der Waals surface area contributed by atoms with Gasteiger partial charge in [-0.2, -0.15) is 0 Å². The summed E-state index contributed by atoms with van der Waals surface area (Å²) in [4.78, 5) is 34.8. The van der Waals surface area contributed by atoms with E-state index in [1.165, 1.54) is 6.92 Å². The van der Waals surface area contributed by atoms with Gasteiger partial charge in [0.1, 0.15) is 0 Å². The van der Waals surface area contributed by atoms with Crippen LogP contribution in [0.1, 0.15) is 19.4 Å². The molecule has 0 heterocycles. The predicted octanol–water partition coefficient (Wildman–Crippen LogP) is 1.73. The molecule has 0 unspecified atom stereocenters. The number of benzene rings is 1. The fraction of sp³-hybridized carbons (Fsp3) is 0.438. The van der Waals surface area contributed by atoms with Crippen molar-refractivity contribution in [2.75, 3.05) is 23.4 Å². The maximum absolute atomic E-state index is 11.8. The van der Waals surface area contributed by atoms with E-state index in [4.69, 9.17) is 4.74 Å². The summed E-state index contributed by atoms with van der Waals surface area (Å²) in [6, 6.07) is 7.47. The summed E-state index contributed by atoms with van der Waals surface area (Å²) in [7, 11) is 0. The number of hydrogen-bond acceptors (Lipinski definition) is 5. The highest BCUT2D eigenvalue weighted by molar-refractivity contribution is 8.00. The number of anilines is 1. The van der Waals surface area contributed by atoms with Crippen LogP contribution in [0.2, 0.25) is 0 Å². The Bertz CT molecular complexity index is 563. The zero-order chi connectivity index (χ0) is 17.2. The van der Waals surface area contributed by atoms with Crippen LogP contribution in [0.25, 0.3) is 0 Å². The van der Waals surface area contributed by atoms with Crippen LogP contribution >= 0.6 is 11.8 Å². The molecule has 0 aliphatic rings. The zero-order valence-electron chi connectivity index (χ0n) is 13.5. The van der Waals surface area contributed by atoms with Crippen molar-refractivity contribution in [3.05, 3.63) is 29.8 Å². The van der Waals surface area contributed by atoms with Gasteiger partial charge < -0.3 is 15.4 Å². The van der Waals surface area contributed by atoms with Gasteiger partial charge in [-0.1, -0.05) is 12.1 Å². The summed E-state index contributed by atoms with van der Waals surface area (Å²) >= 11 is 1.14. The number of esters is 1. The lowest BCUT2D eigenvalue weighted by Crippen LogP contribution is -2.36. The predicted molar refractivity (Wildman–Crippen MR) is 91.4 cm³/mol. The van der Waals surface area contributed by atoms with E-state index in [1.54, 1.807) is 13.0 Å². The van der Waals surface area contributed by atoms with E-state index in [1.807, 2.05) is 25.1 Å². The Morgan fingerprint density at radius 2 is 2.00 bits per heavy atom. The SMILES string of the molecule is CCNC(=O)[C@@H](C)OC(=O)CSCC(=O)Nc1cccc(C)c1. The molecule has 1 aromatic carbocycles.